The Kier molecular flexibility index (Phi) is 6.38. The summed E-state index contributed by atoms with van der Waals surface area (Å²) in [5, 5.41) is 10.0. The Labute approximate surface area is 146 Å². The first kappa shape index (κ1) is 17.2. The summed E-state index contributed by atoms with van der Waals surface area (Å²) in [6.45, 7) is 2.65. The van der Waals surface area contributed by atoms with Crippen molar-refractivity contribution in [2.24, 2.45) is 0 Å². The number of amides is 1. The van der Waals surface area contributed by atoms with Gasteiger partial charge < -0.3 is 16.0 Å². The molecule has 0 fully saturated rings. The second kappa shape index (κ2) is 8.50. The third-order valence-corrected chi connectivity index (χ3v) is 3.51. The average Bonchev–Trinajstić information content (AvgIpc) is 2.55. The molecule has 0 bridgehead atoms. The van der Waals surface area contributed by atoms with E-state index in [1.807, 2.05) is 37.3 Å². The summed E-state index contributed by atoms with van der Waals surface area (Å²) in [7, 11) is 0. The Bertz CT molecular complexity index is 688. The third kappa shape index (κ3) is 5.23. The van der Waals surface area contributed by atoms with E-state index < -0.39 is 0 Å². The number of hydrogen-bond donors (Lipinski definition) is 3. The van der Waals surface area contributed by atoms with E-state index in [1.54, 1.807) is 18.2 Å². The highest BCUT2D eigenvalue weighted by atomic mass is 35.5. The van der Waals surface area contributed by atoms with Crippen LogP contribution in [0.5, 0.6) is 0 Å². The van der Waals surface area contributed by atoms with Gasteiger partial charge in [0.1, 0.15) is 0 Å². The van der Waals surface area contributed by atoms with E-state index >= 15 is 0 Å². The van der Waals surface area contributed by atoms with Gasteiger partial charge in [-0.1, -0.05) is 30.7 Å². The molecule has 6 heteroatoms. The molecule has 0 atom stereocenters. The first-order valence-corrected chi connectivity index (χ1v) is 8.09. The van der Waals surface area contributed by atoms with Crippen molar-refractivity contribution in [3.8, 4) is 0 Å². The van der Waals surface area contributed by atoms with Crippen molar-refractivity contribution in [1.82, 2.24) is 5.32 Å². The molecule has 0 saturated carbocycles. The van der Waals surface area contributed by atoms with Crippen LogP contribution in [0.3, 0.4) is 0 Å². The summed E-state index contributed by atoms with van der Waals surface area (Å²) in [6.07, 6.45) is 0.887. The lowest BCUT2D eigenvalue weighted by atomic mass is 10.1. The molecule has 0 saturated heterocycles. The molecule has 0 heterocycles. The first-order valence-electron chi connectivity index (χ1n) is 7.31. The van der Waals surface area contributed by atoms with E-state index in [1.165, 1.54) is 0 Å². The predicted octanol–water partition coefficient (Wildman–Crippen LogP) is 4.29. The summed E-state index contributed by atoms with van der Waals surface area (Å²) < 4.78 is 0. The molecule has 0 radical (unpaired) electrons. The lowest BCUT2D eigenvalue weighted by molar-refractivity contribution is 0.0954. The van der Waals surface area contributed by atoms with Crippen LogP contribution in [0.4, 0.5) is 11.4 Å². The third-order valence-electron chi connectivity index (χ3n) is 3.06. The zero-order valence-corrected chi connectivity index (χ0v) is 14.3. The van der Waals surface area contributed by atoms with Crippen molar-refractivity contribution in [3.63, 3.8) is 0 Å². The fourth-order valence-corrected chi connectivity index (χ4v) is 2.30. The maximum atomic E-state index is 12.2. The highest BCUT2D eigenvalue weighted by molar-refractivity contribution is 7.80. The second-order valence-electron chi connectivity index (χ2n) is 4.89. The Balaban J connectivity index is 2.05. The van der Waals surface area contributed by atoms with E-state index in [9.17, 15) is 4.79 Å². The molecule has 1 amide bonds. The van der Waals surface area contributed by atoms with Gasteiger partial charge in [-0.05, 0) is 55.0 Å². The zero-order valence-electron chi connectivity index (χ0n) is 12.7. The SMILES string of the molecule is CCCNC(=O)c1ccccc1NC(=S)Nc1ccc(Cl)cc1. The van der Waals surface area contributed by atoms with Gasteiger partial charge in [-0.3, -0.25) is 4.79 Å². The van der Waals surface area contributed by atoms with Crippen molar-refractivity contribution in [2.75, 3.05) is 17.2 Å². The van der Waals surface area contributed by atoms with E-state index in [4.69, 9.17) is 23.8 Å². The molecule has 2 rings (SSSR count). The van der Waals surface area contributed by atoms with Crippen LogP contribution in [-0.4, -0.2) is 17.6 Å². The highest BCUT2D eigenvalue weighted by Gasteiger charge is 2.11. The molecule has 2 aromatic carbocycles. The molecule has 0 aliphatic carbocycles. The molecule has 0 aliphatic rings. The van der Waals surface area contributed by atoms with E-state index in [2.05, 4.69) is 16.0 Å². The van der Waals surface area contributed by atoms with Crippen LogP contribution in [-0.2, 0) is 0 Å². The number of para-hydroxylation sites is 1. The van der Waals surface area contributed by atoms with Gasteiger partial charge in [0.15, 0.2) is 5.11 Å². The summed E-state index contributed by atoms with van der Waals surface area (Å²) >= 11 is 11.2. The van der Waals surface area contributed by atoms with Gasteiger partial charge in [0.05, 0.1) is 11.3 Å². The monoisotopic (exact) mass is 347 g/mol. The Morgan fingerprint density at radius 2 is 1.78 bits per heavy atom. The molecule has 0 unspecified atom stereocenters. The van der Waals surface area contributed by atoms with Crippen molar-refractivity contribution < 1.29 is 4.79 Å². The number of hydrogen-bond acceptors (Lipinski definition) is 2. The van der Waals surface area contributed by atoms with Crippen LogP contribution >= 0.6 is 23.8 Å². The molecule has 0 aliphatic heterocycles. The average molecular weight is 348 g/mol. The van der Waals surface area contributed by atoms with Gasteiger partial charge in [0.2, 0.25) is 0 Å². The number of carbonyl (C=O) groups is 1. The second-order valence-corrected chi connectivity index (χ2v) is 5.73. The van der Waals surface area contributed by atoms with Gasteiger partial charge in [0, 0.05) is 17.3 Å². The molecule has 0 aromatic heterocycles. The van der Waals surface area contributed by atoms with Gasteiger partial charge in [-0.15, -0.1) is 0 Å². The largest absolute Gasteiger partial charge is 0.352 e. The number of rotatable bonds is 5. The van der Waals surface area contributed by atoms with Crippen LogP contribution in [0, 0.1) is 0 Å². The standard InChI is InChI=1S/C17H18ClN3OS/c1-2-11-19-16(22)14-5-3-4-6-15(14)21-17(23)20-13-9-7-12(18)8-10-13/h3-10H,2,11H2,1H3,(H,19,22)(H2,20,21,23). The Hall–Kier alpha value is -2.11. The van der Waals surface area contributed by atoms with Crippen molar-refractivity contribution in [2.45, 2.75) is 13.3 Å². The quantitative estimate of drug-likeness (QED) is 0.706. The van der Waals surface area contributed by atoms with Gasteiger partial charge in [0.25, 0.3) is 5.91 Å². The zero-order chi connectivity index (χ0) is 16.7. The minimum absolute atomic E-state index is 0.121. The normalized spacial score (nSPS) is 10.0. The Morgan fingerprint density at radius 3 is 2.48 bits per heavy atom. The smallest absolute Gasteiger partial charge is 0.253 e. The number of benzene rings is 2. The molecule has 0 spiro atoms. The fraction of sp³-hybridized carbons (Fsp3) is 0.176. The van der Waals surface area contributed by atoms with Gasteiger partial charge in [-0.2, -0.15) is 0 Å². The van der Waals surface area contributed by atoms with Crippen molar-refractivity contribution in [1.29, 1.82) is 0 Å². The Morgan fingerprint density at radius 1 is 1.09 bits per heavy atom. The topological polar surface area (TPSA) is 53.2 Å². The maximum Gasteiger partial charge on any atom is 0.253 e. The molecule has 120 valence electrons. The van der Waals surface area contributed by atoms with Crippen LogP contribution in [0.1, 0.15) is 23.7 Å². The van der Waals surface area contributed by atoms with Crippen LogP contribution in [0.2, 0.25) is 5.02 Å². The molecular formula is C17H18ClN3OS. The minimum atomic E-state index is -0.121. The van der Waals surface area contributed by atoms with Gasteiger partial charge >= 0.3 is 0 Å². The molecular weight excluding hydrogens is 330 g/mol. The highest BCUT2D eigenvalue weighted by Crippen LogP contribution is 2.17. The number of nitrogens with one attached hydrogen (secondary N) is 3. The molecule has 4 nitrogen and oxygen atoms in total. The van der Waals surface area contributed by atoms with Crippen molar-refractivity contribution >= 4 is 46.2 Å². The summed E-state index contributed by atoms with van der Waals surface area (Å²) in [5.74, 6) is -0.121. The predicted molar refractivity (Wildman–Crippen MR) is 100 cm³/mol. The number of thiocarbonyl (C=S) groups is 1. The fourth-order valence-electron chi connectivity index (χ4n) is 1.94. The lowest BCUT2D eigenvalue weighted by Crippen LogP contribution is -2.26. The number of halogens is 1. The summed E-state index contributed by atoms with van der Waals surface area (Å²) in [6, 6.07) is 14.5. The first-order chi connectivity index (χ1) is 11.1. The number of carbonyl (C=O) groups excluding carboxylic acids is 1. The number of anilines is 2. The molecule has 3 N–H and O–H groups in total. The molecule has 2 aromatic rings. The lowest BCUT2D eigenvalue weighted by Gasteiger charge is -2.14. The van der Waals surface area contributed by atoms with Crippen LogP contribution in [0.15, 0.2) is 48.5 Å². The molecule has 23 heavy (non-hydrogen) atoms. The summed E-state index contributed by atoms with van der Waals surface area (Å²) in [4.78, 5) is 12.2. The van der Waals surface area contributed by atoms with Crippen LogP contribution in [0.25, 0.3) is 0 Å². The summed E-state index contributed by atoms with van der Waals surface area (Å²) in [5.41, 5.74) is 2.04. The van der Waals surface area contributed by atoms with Crippen molar-refractivity contribution in [3.05, 3.63) is 59.1 Å². The van der Waals surface area contributed by atoms with Gasteiger partial charge in [-0.25, -0.2) is 0 Å². The maximum absolute atomic E-state index is 12.2. The minimum Gasteiger partial charge on any atom is -0.352 e. The van der Waals surface area contributed by atoms with E-state index in [0.29, 0.717) is 27.9 Å². The van der Waals surface area contributed by atoms with Crippen LogP contribution < -0.4 is 16.0 Å². The van der Waals surface area contributed by atoms with E-state index in [-0.39, 0.29) is 5.91 Å². The van der Waals surface area contributed by atoms with E-state index in [0.717, 1.165) is 12.1 Å².